The number of rotatable bonds is 7. The van der Waals surface area contributed by atoms with Crippen LogP contribution in [0.4, 0.5) is 4.79 Å². The molecule has 0 aliphatic carbocycles. The molecule has 1 aliphatic heterocycles. The monoisotopic (exact) mass is 391 g/mol. The second kappa shape index (κ2) is 8.53. The number of imidazole rings is 1. The third-order valence-corrected chi connectivity index (χ3v) is 6.02. The molecule has 0 bridgehead atoms. The highest BCUT2D eigenvalue weighted by molar-refractivity contribution is 7.89. The molecule has 0 unspecified atom stereocenters. The van der Waals surface area contributed by atoms with E-state index in [1.807, 2.05) is 23.8 Å². The second-order valence-electron chi connectivity index (χ2n) is 6.49. The standard InChI is InChI=1S/C18H25N5O3S/c1-2-20-18(24)23-10-6-15-4-5-17(12-16(15)13-23)27(25,26)21-7-3-9-22-11-8-19-14-22/h4-5,8,11-12,14,21H,2-3,6-7,9-10,13H2,1H3,(H,20,24). The number of hydrogen-bond donors (Lipinski definition) is 2. The first-order valence-electron chi connectivity index (χ1n) is 9.09. The average Bonchev–Trinajstić information content (AvgIpc) is 3.18. The summed E-state index contributed by atoms with van der Waals surface area (Å²) in [5.74, 6) is 0. The van der Waals surface area contributed by atoms with Crippen molar-refractivity contribution in [3.05, 3.63) is 48.0 Å². The van der Waals surface area contributed by atoms with Crippen molar-refractivity contribution in [1.82, 2.24) is 24.5 Å². The molecular formula is C18H25N5O3S. The predicted octanol–water partition coefficient (Wildman–Crippen LogP) is 1.34. The average molecular weight is 391 g/mol. The summed E-state index contributed by atoms with van der Waals surface area (Å²) in [6.07, 6.45) is 6.65. The minimum absolute atomic E-state index is 0.117. The summed E-state index contributed by atoms with van der Waals surface area (Å²) >= 11 is 0. The molecule has 146 valence electrons. The Labute approximate surface area is 159 Å². The Kier molecular flexibility index (Phi) is 6.12. The summed E-state index contributed by atoms with van der Waals surface area (Å²) in [6.45, 7) is 4.55. The highest BCUT2D eigenvalue weighted by atomic mass is 32.2. The fourth-order valence-corrected chi connectivity index (χ4v) is 4.23. The van der Waals surface area contributed by atoms with E-state index in [2.05, 4.69) is 15.0 Å². The Morgan fingerprint density at radius 3 is 2.89 bits per heavy atom. The van der Waals surface area contributed by atoms with Gasteiger partial charge in [0.05, 0.1) is 11.2 Å². The molecule has 27 heavy (non-hydrogen) atoms. The molecule has 2 N–H and O–H groups in total. The summed E-state index contributed by atoms with van der Waals surface area (Å²) in [5, 5.41) is 2.79. The van der Waals surface area contributed by atoms with E-state index in [1.165, 1.54) is 0 Å². The van der Waals surface area contributed by atoms with Crippen LogP contribution in [0.15, 0.2) is 41.8 Å². The molecule has 2 amide bonds. The number of fused-ring (bicyclic) bond motifs is 1. The largest absolute Gasteiger partial charge is 0.338 e. The minimum Gasteiger partial charge on any atom is -0.338 e. The molecule has 0 spiro atoms. The number of carbonyl (C=O) groups is 1. The number of nitrogens with zero attached hydrogens (tertiary/aromatic N) is 3. The van der Waals surface area contributed by atoms with E-state index in [0.29, 0.717) is 39.1 Å². The van der Waals surface area contributed by atoms with Gasteiger partial charge in [0.1, 0.15) is 0 Å². The SMILES string of the molecule is CCNC(=O)N1CCc2ccc(S(=O)(=O)NCCCn3ccnc3)cc2C1. The van der Waals surface area contributed by atoms with E-state index in [9.17, 15) is 13.2 Å². The first-order chi connectivity index (χ1) is 13.0. The minimum atomic E-state index is -3.58. The number of hydrogen-bond acceptors (Lipinski definition) is 4. The van der Waals surface area contributed by atoms with Gasteiger partial charge in [-0.2, -0.15) is 0 Å². The van der Waals surface area contributed by atoms with Crippen molar-refractivity contribution < 1.29 is 13.2 Å². The molecule has 0 radical (unpaired) electrons. The summed E-state index contributed by atoms with van der Waals surface area (Å²) < 4.78 is 29.7. The topological polar surface area (TPSA) is 96.3 Å². The molecule has 1 aromatic carbocycles. The molecule has 2 heterocycles. The van der Waals surface area contributed by atoms with Gasteiger partial charge in [-0.3, -0.25) is 0 Å². The lowest BCUT2D eigenvalue weighted by Crippen LogP contribution is -2.42. The second-order valence-corrected chi connectivity index (χ2v) is 8.26. The third kappa shape index (κ3) is 4.86. The van der Waals surface area contributed by atoms with Gasteiger partial charge in [-0.1, -0.05) is 6.07 Å². The first-order valence-corrected chi connectivity index (χ1v) is 10.6. The van der Waals surface area contributed by atoms with Gasteiger partial charge in [-0.15, -0.1) is 0 Å². The van der Waals surface area contributed by atoms with Crippen molar-refractivity contribution in [1.29, 1.82) is 0 Å². The van der Waals surface area contributed by atoms with Crippen molar-refractivity contribution in [2.45, 2.75) is 37.8 Å². The molecule has 0 atom stereocenters. The highest BCUT2D eigenvalue weighted by Crippen LogP contribution is 2.22. The van der Waals surface area contributed by atoms with Gasteiger partial charge >= 0.3 is 6.03 Å². The van der Waals surface area contributed by atoms with Crippen LogP contribution in [-0.4, -0.2) is 48.5 Å². The van der Waals surface area contributed by atoms with E-state index in [1.54, 1.807) is 29.6 Å². The van der Waals surface area contributed by atoms with Gasteiger partial charge in [-0.05, 0) is 43.0 Å². The fraction of sp³-hybridized carbons (Fsp3) is 0.444. The number of sulfonamides is 1. The smallest absolute Gasteiger partial charge is 0.317 e. The van der Waals surface area contributed by atoms with Crippen molar-refractivity contribution >= 4 is 16.1 Å². The van der Waals surface area contributed by atoms with E-state index in [0.717, 1.165) is 17.5 Å². The molecule has 1 aromatic heterocycles. The van der Waals surface area contributed by atoms with Crippen LogP contribution in [0.25, 0.3) is 0 Å². The zero-order chi connectivity index (χ0) is 19.3. The number of aromatic nitrogens is 2. The molecule has 9 heteroatoms. The van der Waals surface area contributed by atoms with E-state index >= 15 is 0 Å². The van der Waals surface area contributed by atoms with E-state index < -0.39 is 10.0 Å². The van der Waals surface area contributed by atoms with Crippen LogP contribution >= 0.6 is 0 Å². The van der Waals surface area contributed by atoms with Gasteiger partial charge in [0, 0.05) is 45.1 Å². The number of aryl methyl sites for hydroxylation is 1. The van der Waals surface area contributed by atoms with Crippen LogP contribution in [-0.2, 0) is 29.5 Å². The van der Waals surface area contributed by atoms with Crippen LogP contribution in [0.3, 0.4) is 0 Å². The number of carbonyl (C=O) groups excluding carboxylic acids is 1. The lowest BCUT2D eigenvalue weighted by Gasteiger charge is -2.29. The van der Waals surface area contributed by atoms with E-state index in [4.69, 9.17) is 0 Å². The molecular weight excluding hydrogens is 366 g/mol. The predicted molar refractivity (Wildman–Crippen MR) is 102 cm³/mol. The molecule has 0 saturated heterocycles. The molecule has 2 aromatic rings. The summed E-state index contributed by atoms with van der Waals surface area (Å²) in [5.41, 5.74) is 1.98. The molecule has 0 saturated carbocycles. The maximum Gasteiger partial charge on any atom is 0.317 e. The molecule has 3 rings (SSSR count). The molecule has 0 fully saturated rings. The number of urea groups is 1. The van der Waals surface area contributed by atoms with Gasteiger partial charge in [0.25, 0.3) is 0 Å². The lowest BCUT2D eigenvalue weighted by atomic mass is 10.0. The zero-order valence-electron chi connectivity index (χ0n) is 15.4. The van der Waals surface area contributed by atoms with Crippen LogP contribution in [0.2, 0.25) is 0 Å². The maximum atomic E-state index is 12.6. The van der Waals surface area contributed by atoms with Crippen molar-refractivity contribution in [2.75, 3.05) is 19.6 Å². The van der Waals surface area contributed by atoms with Crippen LogP contribution in [0.1, 0.15) is 24.5 Å². The number of benzene rings is 1. The van der Waals surface area contributed by atoms with Gasteiger partial charge in [0.2, 0.25) is 10.0 Å². The maximum absolute atomic E-state index is 12.6. The van der Waals surface area contributed by atoms with Gasteiger partial charge < -0.3 is 14.8 Å². The summed E-state index contributed by atoms with van der Waals surface area (Å²) in [4.78, 5) is 17.9. The van der Waals surface area contributed by atoms with Crippen LogP contribution in [0, 0.1) is 0 Å². The normalized spacial score (nSPS) is 14.0. The Morgan fingerprint density at radius 1 is 1.30 bits per heavy atom. The lowest BCUT2D eigenvalue weighted by molar-refractivity contribution is 0.193. The number of amides is 2. The third-order valence-electron chi connectivity index (χ3n) is 4.56. The van der Waals surface area contributed by atoms with E-state index in [-0.39, 0.29) is 10.9 Å². The highest BCUT2D eigenvalue weighted by Gasteiger charge is 2.22. The van der Waals surface area contributed by atoms with Gasteiger partial charge in [-0.25, -0.2) is 22.9 Å². The Balaban J connectivity index is 1.62. The fourth-order valence-electron chi connectivity index (χ4n) is 3.11. The Morgan fingerprint density at radius 2 is 2.15 bits per heavy atom. The molecule has 1 aliphatic rings. The molecule has 8 nitrogen and oxygen atoms in total. The summed E-state index contributed by atoms with van der Waals surface area (Å²) in [6, 6.07) is 5.05. The van der Waals surface area contributed by atoms with Crippen molar-refractivity contribution in [3.8, 4) is 0 Å². The van der Waals surface area contributed by atoms with Crippen molar-refractivity contribution in [2.24, 2.45) is 0 Å². The van der Waals surface area contributed by atoms with Crippen LogP contribution < -0.4 is 10.0 Å². The van der Waals surface area contributed by atoms with Gasteiger partial charge in [0.15, 0.2) is 0 Å². The number of nitrogens with one attached hydrogen (secondary N) is 2. The Hall–Kier alpha value is -2.39. The van der Waals surface area contributed by atoms with Crippen molar-refractivity contribution in [3.63, 3.8) is 0 Å². The first kappa shape index (κ1) is 19.4. The van der Waals surface area contributed by atoms with Crippen LogP contribution in [0.5, 0.6) is 0 Å². The quantitative estimate of drug-likeness (QED) is 0.696. The Bertz CT molecular complexity index is 880. The zero-order valence-corrected chi connectivity index (χ0v) is 16.2. The summed E-state index contributed by atoms with van der Waals surface area (Å²) in [7, 11) is -3.58.